The van der Waals surface area contributed by atoms with Crippen LogP contribution in [0.25, 0.3) is 6.08 Å². The number of esters is 1. The maximum Gasteiger partial charge on any atom is 0.346 e. The van der Waals surface area contributed by atoms with Crippen LogP contribution < -0.4 is 8.92 Å². The van der Waals surface area contributed by atoms with E-state index in [-0.39, 0.29) is 11.5 Å². The van der Waals surface area contributed by atoms with E-state index in [4.69, 9.17) is 8.92 Å². The lowest BCUT2D eigenvalue weighted by atomic mass is 10.2. The third-order valence-electron chi connectivity index (χ3n) is 3.33. The van der Waals surface area contributed by atoms with Crippen LogP contribution in [0.3, 0.4) is 0 Å². The first-order chi connectivity index (χ1) is 12.8. The summed E-state index contributed by atoms with van der Waals surface area (Å²) in [5.41, 5.74) is -0.0817. The van der Waals surface area contributed by atoms with Gasteiger partial charge in [-0.05, 0) is 29.8 Å². The molecule has 0 aliphatic heterocycles. The summed E-state index contributed by atoms with van der Waals surface area (Å²) in [6, 6.07) is 9.06. The molecule has 0 unspecified atom stereocenters. The van der Waals surface area contributed by atoms with Crippen molar-refractivity contribution < 1.29 is 31.8 Å². The molecule has 0 fully saturated rings. The number of nitro benzene ring substituents is 1. The van der Waals surface area contributed by atoms with Gasteiger partial charge in [-0.15, -0.1) is 0 Å². The Balaban J connectivity index is 2.38. The quantitative estimate of drug-likeness (QED) is 0.231. The van der Waals surface area contributed by atoms with Crippen molar-refractivity contribution in [2.45, 2.75) is 4.90 Å². The molecule has 0 amide bonds. The van der Waals surface area contributed by atoms with E-state index in [1.807, 2.05) is 0 Å². The Morgan fingerprint density at radius 3 is 2.44 bits per heavy atom. The summed E-state index contributed by atoms with van der Waals surface area (Å²) in [4.78, 5) is 20.8. The van der Waals surface area contributed by atoms with E-state index in [9.17, 15) is 23.3 Å². The van der Waals surface area contributed by atoms with E-state index >= 15 is 0 Å². The first-order valence-electron chi connectivity index (χ1n) is 7.40. The fourth-order valence-corrected chi connectivity index (χ4v) is 3.18. The lowest BCUT2D eigenvalue weighted by molar-refractivity contribution is -0.387. The normalized spacial score (nSPS) is 11.2. The van der Waals surface area contributed by atoms with Gasteiger partial charge in [-0.25, -0.2) is 4.79 Å². The van der Waals surface area contributed by atoms with E-state index in [1.165, 1.54) is 56.7 Å². The molecule has 9 nitrogen and oxygen atoms in total. The van der Waals surface area contributed by atoms with Gasteiger partial charge in [0.25, 0.3) is 5.69 Å². The molecular weight excluding hydrogens is 378 g/mol. The summed E-state index contributed by atoms with van der Waals surface area (Å²) in [5, 5.41) is 11.1. The number of carbonyl (C=O) groups excluding carboxylic acids is 1. The van der Waals surface area contributed by atoms with Gasteiger partial charge in [-0.2, -0.15) is 8.42 Å². The van der Waals surface area contributed by atoms with Crippen LogP contribution in [0.2, 0.25) is 0 Å². The van der Waals surface area contributed by atoms with Crippen LogP contribution in [-0.4, -0.2) is 33.5 Å². The van der Waals surface area contributed by atoms with Gasteiger partial charge in [-0.3, -0.25) is 10.1 Å². The van der Waals surface area contributed by atoms with Crippen molar-refractivity contribution in [3.05, 3.63) is 64.2 Å². The van der Waals surface area contributed by atoms with Crippen LogP contribution in [0.5, 0.6) is 11.5 Å². The first-order valence-corrected chi connectivity index (χ1v) is 8.81. The number of ether oxygens (including phenoxy) is 2. The van der Waals surface area contributed by atoms with E-state index < -0.39 is 31.6 Å². The molecule has 2 aromatic rings. The van der Waals surface area contributed by atoms with Crippen LogP contribution in [0.1, 0.15) is 5.56 Å². The van der Waals surface area contributed by atoms with Crippen molar-refractivity contribution in [1.82, 2.24) is 0 Å². The molecule has 10 heteroatoms. The third kappa shape index (κ3) is 4.82. The van der Waals surface area contributed by atoms with Crippen LogP contribution in [0.4, 0.5) is 5.69 Å². The minimum absolute atomic E-state index is 0.0594. The van der Waals surface area contributed by atoms with Gasteiger partial charge in [0.1, 0.15) is 0 Å². The highest BCUT2D eigenvalue weighted by Crippen LogP contribution is 2.33. The molecule has 0 bridgehead atoms. The molecule has 0 aliphatic rings. The molecule has 0 saturated carbocycles. The molecule has 142 valence electrons. The number of benzene rings is 2. The smallest absolute Gasteiger partial charge is 0.346 e. The summed E-state index contributed by atoms with van der Waals surface area (Å²) in [6.45, 7) is 0. The molecule has 0 radical (unpaired) electrons. The van der Waals surface area contributed by atoms with Crippen molar-refractivity contribution >= 4 is 27.9 Å². The Labute approximate surface area is 155 Å². The number of para-hydroxylation sites is 1. The molecule has 0 N–H and O–H groups in total. The van der Waals surface area contributed by atoms with Gasteiger partial charge in [0.2, 0.25) is 0 Å². The number of hydrogen-bond donors (Lipinski definition) is 0. The zero-order valence-corrected chi connectivity index (χ0v) is 15.1. The predicted molar refractivity (Wildman–Crippen MR) is 95.0 cm³/mol. The predicted octanol–water partition coefficient (Wildman–Crippen LogP) is 2.56. The molecule has 0 saturated heterocycles. The van der Waals surface area contributed by atoms with Crippen LogP contribution >= 0.6 is 0 Å². The number of nitro groups is 1. The average molecular weight is 393 g/mol. The average Bonchev–Trinajstić information content (AvgIpc) is 2.66. The highest BCUT2D eigenvalue weighted by molar-refractivity contribution is 7.87. The fraction of sp³-hybridized carbons (Fsp3) is 0.118. The minimum Gasteiger partial charge on any atom is -0.493 e. The van der Waals surface area contributed by atoms with Crippen molar-refractivity contribution in [2.75, 3.05) is 14.2 Å². The number of nitrogens with zero attached hydrogens (tertiary/aromatic N) is 1. The third-order valence-corrected chi connectivity index (χ3v) is 4.61. The maximum atomic E-state index is 12.5. The highest BCUT2D eigenvalue weighted by atomic mass is 32.2. The van der Waals surface area contributed by atoms with Gasteiger partial charge in [-0.1, -0.05) is 18.2 Å². The van der Waals surface area contributed by atoms with Gasteiger partial charge in [0.05, 0.1) is 19.1 Å². The lowest BCUT2D eigenvalue weighted by Crippen LogP contribution is -2.12. The Bertz CT molecular complexity index is 998. The largest absolute Gasteiger partial charge is 0.493 e. The van der Waals surface area contributed by atoms with Gasteiger partial charge in [0, 0.05) is 12.1 Å². The summed E-state index contributed by atoms with van der Waals surface area (Å²) in [7, 11) is -1.94. The Kier molecular flexibility index (Phi) is 6.14. The number of methoxy groups -OCH3 is 2. The summed E-state index contributed by atoms with van der Waals surface area (Å²) >= 11 is 0. The zero-order chi connectivity index (χ0) is 20.0. The monoisotopic (exact) mass is 393 g/mol. The van der Waals surface area contributed by atoms with E-state index in [2.05, 4.69) is 4.74 Å². The summed E-state index contributed by atoms with van der Waals surface area (Å²) in [6.07, 6.45) is 2.62. The van der Waals surface area contributed by atoms with Crippen molar-refractivity contribution in [3.8, 4) is 11.5 Å². The molecule has 2 aromatic carbocycles. The molecule has 0 aliphatic carbocycles. The zero-order valence-electron chi connectivity index (χ0n) is 14.3. The Hall–Kier alpha value is -3.40. The SMILES string of the molecule is COC(=O)/C=C/c1ccc(OS(=O)(=O)c2ccccc2[N+](=O)[O-])c(OC)c1. The maximum absolute atomic E-state index is 12.5. The topological polar surface area (TPSA) is 122 Å². The van der Waals surface area contributed by atoms with Crippen molar-refractivity contribution in [3.63, 3.8) is 0 Å². The second kappa shape index (κ2) is 8.32. The number of rotatable bonds is 7. The molecule has 0 heterocycles. The number of carbonyl (C=O) groups is 1. The minimum atomic E-state index is -4.48. The Morgan fingerprint density at radius 2 is 1.81 bits per heavy atom. The van der Waals surface area contributed by atoms with Gasteiger partial charge >= 0.3 is 16.1 Å². The van der Waals surface area contributed by atoms with E-state index in [0.29, 0.717) is 5.56 Å². The van der Waals surface area contributed by atoms with Gasteiger partial charge in [0.15, 0.2) is 16.4 Å². The van der Waals surface area contributed by atoms with Gasteiger partial charge < -0.3 is 13.7 Å². The Morgan fingerprint density at radius 1 is 1.11 bits per heavy atom. The van der Waals surface area contributed by atoms with Crippen LogP contribution in [0, 0.1) is 10.1 Å². The number of hydrogen-bond acceptors (Lipinski definition) is 8. The van der Waals surface area contributed by atoms with Crippen molar-refractivity contribution in [2.24, 2.45) is 0 Å². The standard InChI is InChI=1S/C17H15NO8S/c1-24-15-11-12(8-10-17(19)25-2)7-9-14(15)26-27(22,23)16-6-4-3-5-13(16)18(20)21/h3-11H,1-2H3/b10-8+. The summed E-state index contributed by atoms with van der Waals surface area (Å²) in [5.74, 6) is -0.664. The van der Waals surface area contributed by atoms with Crippen LogP contribution in [0.15, 0.2) is 53.4 Å². The molecule has 2 rings (SSSR count). The van der Waals surface area contributed by atoms with E-state index in [1.54, 1.807) is 0 Å². The molecule has 0 aromatic heterocycles. The first kappa shape index (κ1) is 19.9. The second-order valence-corrected chi connectivity index (χ2v) is 6.54. The van der Waals surface area contributed by atoms with Crippen LogP contribution in [-0.2, 0) is 19.6 Å². The lowest BCUT2D eigenvalue weighted by Gasteiger charge is -2.11. The summed E-state index contributed by atoms with van der Waals surface area (Å²) < 4.78 is 39.6. The van der Waals surface area contributed by atoms with E-state index in [0.717, 1.165) is 12.1 Å². The molecule has 27 heavy (non-hydrogen) atoms. The van der Waals surface area contributed by atoms with Crippen molar-refractivity contribution in [1.29, 1.82) is 0 Å². The second-order valence-electron chi connectivity index (χ2n) is 5.03. The fourth-order valence-electron chi connectivity index (χ4n) is 2.07. The molecule has 0 spiro atoms. The molecular formula is C17H15NO8S. The highest BCUT2D eigenvalue weighted by Gasteiger charge is 2.28. The molecule has 0 atom stereocenters.